The van der Waals surface area contributed by atoms with Gasteiger partial charge in [0.25, 0.3) is 0 Å². The van der Waals surface area contributed by atoms with Crippen molar-refractivity contribution in [1.29, 1.82) is 10.8 Å². The second-order valence-electron chi connectivity index (χ2n) is 4.24. The van der Waals surface area contributed by atoms with E-state index in [0.29, 0.717) is 11.8 Å². The smallest absolute Gasteiger partial charge is 0.151 e. The first kappa shape index (κ1) is 13.7. The molecule has 1 rings (SSSR count). The average Bonchev–Trinajstić information content (AvgIpc) is 2.25. The van der Waals surface area contributed by atoms with Gasteiger partial charge in [-0.15, -0.1) is 0 Å². The molecule has 6 heteroatoms. The molecule has 0 aromatic rings. The minimum absolute atomic E-state index is 0.231. The Morgan fingerprint density at radius 1 is 0.875 bits per heavy atom. The maximum atomic E-state index is 7.17. The van der Waals surface area contributed by atoms with Gasteiger partial charge in [0.05, 0.1) is 0 Å². The molecule has 16 heavy (non-hydrogen) atoms. The van der Waals surface area contributed by atoms with E-state index in [1.54, 1.807) is 0 Å². The molecule has 0 aromatic carbocycles. The lowest BCUT2D eigenvalue weighted by molar-refractivity contribution is 0.316. The van der Waals surface area contributed by atoms with Gasteiger partial charge in [0.1, 0.15) is 0 Å². The van der Waals surface area contributed by atoms with E-state index in [1.165, 1.54) is 49.2 Å². The molecule has 0 radical (unpaired) electrons. The van der Waals surface area contributed by atoms with Gasteiger partial charge >= 0.3 is 0 Å². The topological polar surface area (TPSA) is 99.7 Å². The molecule has 0 saturated heterocycles. The van der Waals surface area contributed by atoms with Crippen LogP contribution in [0.15, 0.2) is 0 Å². The van der Waals surface area contributed by atoms with Crippen molar-refractivity contribution in [2.75, 3.05) is 11.5 Å². The second kappa shape index (κ2) is 7.06. The molecule has 0 heterocycles. The molecule has 1 aliphatic carbocycles. The van der Waals surface area contributed by atoms with Crippen LogP contribution in [0, 0.1) is 22.7 Å². The summed E-state index contributed by atoms with van der Waals surface area (Å²) in [5.74, 6) is 3.41. The second-order valence-corrected chi connectivity index (χ2v) is 6.36. The van der Waals surface area contributed by atoms with Crippen LogP contribution >= 0.6 is 23.5 Å². The fourth-order valence-electron chi connectivity index (χ4n) is 1.98. The number of hydrogen-bond donors (Lipinski definition) is 4. The standard InChI is InChI=1S/C10H20N4S2/c11-9(12)15-5-7-1-2-8(4-3-7)6-16-10(13)14/h7-8H,1-6H2,(H3,11,12)(H3,13,14)/t7-,8-. The highest BCUT2D eigenvalue weighted by atomic mass is 32.2. The van der Waals surface area contributed by atoms with E-state index in [-0.39, 0.29) is 10.3 Å². The molecule has 0 aromatic heterocycles. The molecule has 4 nitrogen and oxygen atoms in total. The summed E-state index contributed by atoms with van der Waals surface area (Å²) in [5.41, 5.74) is 10.6. The summed E-state index contributed by atoms with van der Waals surface area (Å²) in [6, 6.07) is 0. The Labute approximate surface area is 105 Å². The van der Waals surface area contributed by atoms with Gasteiger partial charge in [-0.05, 0) is 37.5 Å². The van der Waals surface area contributed by atoms with Gasteiger partial charge in [0.15, 0.2) is 10.3 Å². The van der Waals surface area contributed by atoms with Crippen molar-refractivity contribution < 1.29 is 0 Å². The Hall–Kier alpha value is -0.360. The van der Waals surface area contributed by atoms with Crippen LogP contribution in [0.4, 0.5) is 0 Å². The van der Waals surface area contributed by atoms with Crippen molar-refractivity contribution in [1.82, 2.24) is 0 Å². The maximum absolute atomic E-state index is 7.17. The normalized spacial score (nSPS) is 25.2. The molecule has 0 bridgehead atoms. The van der Waals surface area contributed by atoms with Crippen molar-refractivity contribution in [3.05, 3.63) is 0 Å². The molecule has 0 spiro atoms. The first-order chi connectivity index (χ1) is 7.58. The molecule has 6 N–H and O–H groups in total. The molecular weight excluding hydrogens is 240 g/mol. The third-order valence-corrected chi connectivity index (χ3v) is 4.81. The molecule has 1 saturated carbocycles. The lowest BCUT2D eigenvalue weighted by atomic mass is 9.84. The van der Waals surface area contributed by atoms with Crippen molar-refractivity contribution in [3.63, 3.8) is 0 Å². The van der Waals surface area contributed by atoms with Gasteiger partial charge in [0, 0.05) is 11.5 Å². The number of thioether (sulfide) groups is 2. The predicted molar refractivity (Wildman–Crippen MR) is 74.2 cm³/mol. The number of amidine groups is 2. The largest absolute Gasteiger partial charge is 0.379 e. The van der Waals surface area contributed by atoms with Crippen molar-refractivity contribution in [2.45, 2.75) is 25.7 Å². The third kappa shape index (κ3) is 5.65. The van der Waals surface area contributed by atoms with E-state index in [0.717, 1.165) is 11.5 Å². The summed E-state index contributed by atoms with van der Waals surface area (Å²) in [6.45, 7) is 0. The summed E-state index contributed by atoms with van der Waals surface area (Å²) in [5, 5.41) is 14.8. The van der Waals surface area contributed by atoms with Crippen LogP contribution in [0.5, 0.6) is 0 Å². The van der Waals surface area contributed by atoms with Gasteiger partial charge in [-0.1, -0.05) is 23.5 Å². The SMILES string of the molecule is N=C(N)SC[C@H]1CC[C@H](CSC(=N)N)CC1. The van der Waals surface area contributed by atoms with E-state index in [4.69, 9.17) is 22.3 Å². The summed E-state index contributed by atoms with van der Waals surface area (Å²) in [4.78, 5) is 0. The molecule has 1 fully saturated rings. The van der Waals surface area contributed by atoms with E-state index >= 15 is 0 Å². The number of nitrogens with one attached hydrogen (secondary N) is 2. The number of hydrogen-bond acceptors (Lipinski definition) is 4. The minimum atomic E-state index is 0.231. The zero-order valence-corrected chi connectivity index (χ0v) is 11.0. The van der Waals surface area contributed by atoms with Crippen LogP contribution in [0.2, 0.25) is 0 Å². The van der Waals surface area contributed by atoms with Crippen LogP contribution in [0.1, 0.15) is 25.7 Å². The molecule has 1 aliphatic rings. The van der Waals surface area contributed by atoms with Crippen molar-refractivity contribution >= 4 is 33.9 Å². The van der Waals surface area contributed by atoms with E-state index in [2.05, 4.69) is 0 Å². The molecule has 0 atom stereocenters. The summed E-state index contributed by atoms with van der Waals surface area (Å²) >= 11 is 2.92. The predicted octanol–water partition coefficient (Wildman–Crippen LogP) is 2.05. The summed E-state index contributed by atoms with van der Waals surface area (Å²) in [7, 11) is 0. The number of rotatable bonds is 4. The maximum Gasteiger partial charge on any atom is 0.151 e. The highest BCUT2D eigenvalue weighted by Crippen LogP contribution is 2.32. The lowest BCUT2D eigenvalue weighted by Crippen LogP contribution is -2.20. The van der Waals surface area contributed by atoms with Gasteiger partial charge in [-0.2, -0.15) is 0 Å². The van der Waals surface area contributed by atoms with Crippen LogP contribution in [0.3, 0.4) is 0 Å². The number of nitrogens with two attached hydrogens (primary N) is 2. The van der Waals surface area contributed by atoms with E-state index < -0.39 is 0 Å². The monoisotopic (exact) mass is 260 g/mol. The van der Waals surface area contributed by atoms with Gasteiger partial charge in [-0.3, -0.25) is 10.8 Å². The fourth-order valence-corrected chi connectivity index (χ4v) is 3.48. The molecule has 0 unspecified atom stereocenters. The van der Waals surface area contributed by atoms with Gasteiger partial charge < -0.3 is 11.5 Å². The Balaban J connectivity index is 2.13. The van der Waals surface area contributed by atoms with Crippen molar-refractivity contribution in [2.24, 2.45) is 23.3 Å². The van der Waals surface area contributed by atoms with Crippen molar-refractivity contribution in [3.8, 4) is 0 Å². The zero-order chi connectivity index (χ0) is 12.0. The Morgan fingerprint density at radius 2 is 1.19 bits per heavy atom. The minimum Gasteiger partial charge on any atom is -0.379 e. The van der Waals surface area contributed by atoms with E-state index in [9.17, 15) is 0 Å². The Bertz CT molecular complexity index is 223. The molecule has 0 amide bonds. The third-order valence-electron chi connectivity index (χ3n) is 2.92. The average molecular weight is 260 g/mol. The highest BCUT2D eigenvalue weighted by Gasteiger charge is 2.21. The van der Waals surface area contributed by atoms with Crippen LogP contribution in [-0.2, 0) is 0 Å². The van der Waals surface area contributed by atoms with Gasteiger partial charge in [-0.25, -0.2) is 0 Å². The quantitative estimate of drug-likeness (QED) is 0.459. The first-order valence-corrected chi connectivity index (χ1v) is 7.48. The Kier molecular flexibility index (Phi) is 6.05. The van der Waals surface area contributed by atoms with E-state index in [1.807, 2.05) is 0 Å². The van der Waals surface area contributed by atoms with Crippen LogP contribution in [0.25, 0.3) is 0 Å². The molecule has 0 aliphatic heterocycles. The molecule has 92 valence electrons. The highest BCUT2D eigenvalue weighted by molar-refractivity contribution is 8.13. The van der Waals surface area contributed by atoms with Crippen LogP contribution < -0.4 is 11.5 Å². The Morgan fingerprint density at radius 3 is 1.44 bits per heavy atom. The lowest BCUT2D eigenvalue weighted by Gasteiger charge is -2.27. The summed E-state index contributed by atoms with van der Waals surface area (Å²) < 4.78 is 0. The first-order valence-electron chi connectivity index (χ1n) is 5.51. The fraction of sp³-hybridized carbons (Fsp3) is 0.800. The van der Waals surface area contributed by atoms with Crippen LogP contribution in [-0.4, -0.2) is 21.8 Å². The zero-order valence-electron chi connectivity index (χ0n) is 9.37. The molecular formula is C10H20N4S2. The van der Waals surface area contributed by atoms with Gasteiger partial charge in [0.2, 0.25) is 0 Å². The summed E-state index contributed by atoms with van der Waals surface area (Å²) in [6.07, 6.45) is 4.90.